The Morgan fingerprint density at radius 2 is 2.11 bits per heavy atom. The number of alkyl halides is 3. The van der Waals surface area contributed by atoms with E-state index in [2.05, 4.69) is 4.74 Å². The van der Waals surface area contributed by atoms with Gasteiger partial charge in [-0.2, -0.15) is 0 Å². The first-order chi connectivity index (χ1) is 8.31. The fourth-order valence-electron chi connectivity index (χ4n) is 1.32. The number of carboxylic acid groups (broad SMARTS) is 1. The zero-order chi connectivity index (χ0) is 13.8. The third-order valence-electron chi connectivity index (χ3n) is 2.09. The van der Waals surface area contributed by atoms with Crippen molar-refractivity contribution in [2.75, 3.05) is 0 Å². The van der Waals surface area contributed by atoms with Crippen molar-refractivity contribution in [2.45, 2.75) is 19.7 Å². The van der Waals surface area contributed by atoms with Crippen LogP contribution in [0.2, 0.25) is 0 Å². The van der Waals surface area contributed by atoms with E-state index in [0.29, 0.717) is 5.56 Å². The Morgan fingerprint density at radius 1 is 1.44 bits per heavy atom. The number of hydrogen-bond acceptors (Lipinski definition) is 2. The summed E-state index contributed by atoms with van der Waals surface area (Å²) in [6.07, 6.45) is -3.17. The van der Waals surface area contributed by atoms with E-state index in [4.69, 9.17) is 5.11 Å². The zero-order valence-electron chi connectivity index (χ0n) is 9.49. The Hall–Kier alpha value is -1.98. The number of carboxylic acids is 1. The van der Waals surface area contributed by atoms with Crippen molar-refractivity contribution in [3.8, 4) is 5.75 Å². The SMILES string of the molecule is CC/C(=C\c1cccc(OC(F)(F)F)c1)C(=O)O. The maximum atomic E-state index is 12.0. The van der Waals surface area contributed by atoms with Crippen LogP contribution in [0.4, 0.5) is 13.2 Å². The summed E-state index contributed by atoms with van der Waals surface area (Å²) >= 11 is 0. The molecule has 1 aromatic carbocycles. The minimum atomic E-state index is -4.76. The number of halogens is 3. The minimum absolute atomic E-state index is 0.110. The molecule has 0 fully saturated rings. The van der Waals surface area contributed by atoms with E-state index >= 15 is 0 Å². The number of aliphatic carboxylic acids is 1. The molecule has 1 aromatic rings. The molecule has 0 saturated carbocycles. The molecule has 0 bridgehead atoms. The van der Waals surface area contributed by atoms with Gasteiger partial charge in [-0.3, -0.25) is 0 Å². The smallest absolute Gasteiger partial charge is 0.478 e. The molecular weight excluding hydrogens is 249 g/mol. The first-order valence-electron chi connectivity index (χ1n) is 5.11. The molecule has 18 heavy (non-hydrogen) atoms. The molecule has 0 saturated heterocycles. The maximum Gasteiger partial charge on any atom is 0.573 e. The number of ether oxygens (including phenoxy) is 1. The third kappa shape index (κ3) is 4.48. The second-order valence-electron chi connectivity index (χ2n) is 3.45. The first kappa shape index (κ1) is 14.1. The van der Waals surface area contributed by atoms with Gasteiger partial charge in [-0.25, -0.2) is 4.79 Å². The van der Waals surface area contributed by atoms with Gasteiger partial charge in [0.2, 0.25) is 0 Å². The molecule has 0 aliphatic carbocycles. The van der Waals surface area contributed by atoms with Crippen LogP contribution in [0, 0.1) is 0 Å². The fraction of sp³-hybridized carbons (Fsp3) is 0.250. The van der Waals surface area contributed by atoms with Crippen molar-refractivity contribution in [1.82, 2.24) is 0 Å². The molecule has 6 heteroatoms. The summed E-state index contributed by atoms with van der Waals surface area (Å²) < 4.78 is 39.7. The topological polar surface area (TPSA) is 46.5 Å². The molecule has 0 aliphatic heterocycles. The number of carbonyl (C=O) groups is 1. The molecule has 1 rings (SSSR count). The molecule has 0 amide bonds. The lowest BCUT2D eigenvalue weighted by Gasteiger charge is -2.09. The average Bonchev–Trinajstić information content (AvgIpc) is 2.23. The van der Waals surface area contributed by atoms with E-state index < -0.39 is 12.3 Å². The van der Waals surface area contributed by atoms with Gasteiger partial charge in [-0.1, -0.05) is 19.1 Å². The lowest BCUT2D eigenvalue weighted by atomic mass is 10.1. The summed E-state index contributed by atoms with van der Waals surface area (Å²) in [5, 5.41) is 8.81. The van der Waals surface area contributed by atoms with Crippen molar-refractivity contribution in [3.63, 3.8) is 0 Å². The van der Waals surface area contributed by atoms with E-state index in [0.717, 1.165) is 12.1 Å². The Morgan fingerprint density at radius 3 is 2.61 bits per heavy atom. The summed E-state index contributed by atoms with van der Waals surface area (Å²) in [7, 11) is 0. The Kier molecular flexibility index (Phi) is 4.36. The second-order valence-corrected chi connectivity index (χ2v) is 3.45. The summed E-state index contributed by atoms with van der Waals surface area (Å²) in [6, 6.07) is 5.15. The van der Waals surface area contributed by atoms with Gasteiger partial charge in [0.05, 0.1) is 0 Å². The summed E-state index contributed by atoms with van der Waals surface area (Å²) in [5.74, 6) is -1.48. The van der Waals surface area contributed by atoms with E-state index in [9.17, 15) is 18.0 Å². The number of benzene rings is 1. The third-order valence-corrected chi connectivity index (χ3v) is 2.09. The largest absolute Gasteiger partial charge is 0.573 e. The normalized spacial score (nSPS) is 12.3. The number of rotatable bonds is 4. The summed E-state index contributed by atoms with van der Waals surface area (Å²) in [6.45, 7) is 1.65. The van der Waals surface area contributed by atoms with Crippen molar-refractivity contribution in [1.29, 1.82) is 0 Å². The van der Waals surface area contributed by atoms with Gasteiger partial charge >= 0.3 is 12.3 Å². The van der Waals surface area contributed by atoms with Gasteiger partial charge in [0, 0.05) is 5.57 Å². The highest BCUT2D eigenvalue weighted by molar-refractivity contribution is 5.92. The lowest BCUT2D eigenvalue weighted by Crippen LogP contribution is -2.17. The molecule has 0 aliphatic rings. The highest BCUT2D eigenvalue weighted by atomic mass is 19.4. The standard InChI is InChI=1S/C12H11F3O3/c1-2-9(11(16)17)6-8-4-3-5-10(7-8)18-12(13,14)15/h3-7H,2H2,1H3,(H,16,17)/b9-6+. The molecule has 0 unspecified atom stereocenters. The Bertz CT molecular complexity index is 464. The van der Waals surface area contributed by atoms with Crippen molar-refractivity contribution in [3.05, 3.63) is 35.4 Å². The van der Waals surface area contributed by atoms with Crippen LogP contribution >= 0.6 is 0 Å². The van der Waals surface area contributed by atoms with Gasteiger partial charge < -0.3 is 9.84 Å². The van der Waals surface area contributed by atoms with Crippen LogP contribution < -0.4 is 4.74 Å². The monoisotopic (exact) mass is 260 g/mol. The van der Waals surface area contributed by atoms with Crippen LogP contribution in [0.15, 0.2) is 29.8 Å². The van der Waals surface area contributed by atoms with Crippen molar-refractivity contribution < 1.29 is 27.8 Å². The van der Waals surface area contributed by atoms with Crippen LogP contribution in [0.3, 0.4) is 0 Å². The molecular formula is C12H11F3O3. The van der Waals surface area contributed by atoms with Crippen LogP contribution in [-0.4, -0.2) is 17.4 Å². The summed E-state index contributed by atoms with van der Waals surface area (Å²) in [5.41, 5.74) is 0.454. The molecule has 1 N–H and O–H groups in total. The van der Waals surface area contributed by atoms with E-state index in [-0.39, 0.29) is 17.7 Å². The molecule has 0 radical (unpaired) electrons. The lowest BCUT2D eigenvalue weighted by molar-refractivity contribution is -0.274. The maximum absolute atomic E-state index is 12.0. The average molecular weight is 260 g/mol. The Labute approximate surface area is 101 Å². The zero-order valence-corrected chi connectivity index (χ0v) is 9.49. The van der Waals surface area contributed by atoms with Crippen LogP contribution in [0.25, 0.3) is 6.08 Å². The van der Waals surface area contributed by atoms with Gasteiger partial charge in [-0.15, -0.1) is 13.2 Å². The Balaban J connectivity index is 2.98. The van der Waals surface area contributed by atoms with Gasteiger partial charge in [0.15, 0.2) is 0 Å². The van der Waals surface area contributed by atoms with Gasteiger partial charge in [-0.05, 0) is 30.2 Å². The van der Waals surface area contributed by atoms with Gasteiger partial charge in [0.25, 0.3) is 0 Å². The van der Waals surface area contributed by atoms with Crippen molar-refractivity contribution in [2.24, 2.45) is 0 Å². The van der Waals surface area contributed by atoms with E-state index in [1.165, 1.54) is 18.2 Å². The predicted molar refractivity (Wildman–Crippen MR) is 59.0 cm³/mol. The second kappa shape index (κ2) is 5.57. The quantitative estimate of drug-likeness (QED) is 0.843. The molecule has 0 atom stereocenters. The minimum Gasteiger partial charge on any atom is -0.478 e. The molecule has 0 heterocycles. The highest BCUT2D eigenvalue weighted by Gasteiger charge is 2.31. The predicted octanol–water partition coefficient (Wildman–Crippen LogP) is 3.46. The number of hydrogen-bond donors (Lipinski definition) is 1. The molecule has 0 aromatic heterocycles. The van der Waals surface area contributed by atoms with Crippen LogP contribution in [-0.2, 0) is 4.79 Å². The molecule has 3 nitrogen and oxygen atoms in total. The molecule has 0 spiro atoms. The summed E-state index contributed by atoms with van der Waals surface area (Å²) in [4.78, 5) is 10.8. The van der Waals surface area contributed by atoms with E-state index in [1.807, 2.05) is 0 Å². The highest BCUT2D eigenvalue weighted by Crippen LogP contribution is 2.24. The van der Waals surface area contributed by atoms with E-state index in [1.54, 1.807) is 6.92 Å². The molecule has 98 valence electrons. The van der Waals surface area contributed by atoms with Crippen LogP contribution in [0.5, 0.6) is 5.75 Å². The fourth-order valence-corrected chi connectivity index (χ4v) is 1.32. The first-order valence-corrected chi connectivity index (χ1v) is 5.11. The van der Waals surface area contributed by atoms with Crippen LogP contribution in [0.1, 0.15) is 18.9 Å². The van der Waals surface area contributed by atoms with Crippen molar-refractivity contribution >= 4 is 12.0 Å². The van der Waals surface area contributed by atoms with Gasteiger partial charge in [0.1, 0.15) is 5.75 Å².